The zero-order valence-corrected chi connectivity index (χ0v) is 31.4. The number of likely N-dealkylation sites (tertiary alicyclic amines) is 2. The lowest BCUT2D eigenvalue weighted by Gasteiger charge is -2.52. The molecule has 1 aromatic carbocycles. The van der Waals surface area contributed by atoms with Gasteiger partial charge in [0, 0.05) is 42.1 Å². The van der Waals surface area contributed by atoms with Crippen LogP contribution in [-0.4, -0.2) is 81.6 Å². The summed E-state index contributed by atoms with van der Waals surface area (Å²) in [6.45, 7) is 6.26. The van der Waals surface area contributed by atoms with Crippen LogP contribution in [0.3, 0.4) is 0 Å². The zero-order chi connectivity index (χ0) is 37.1. The van der Waals surface area contributed by atoms with Crippen molar-refractivity contribution in [1.82, 2.24) is 25.1 Å². The number of carbonyl (C=O) groups excluding carboxylic acids is 3. The average Bonchev–Trinajstić information content (AvgIpc) is 3.64. The molecular formula is C35H35BrClFN6O6S. The van der Waals surface area contributed by atoms with Gasteiger partial charge in [-0.25, -0.2) is 17.6 Å². The van der Waals surface area contributed by atoms with Gasteiger partial charge in [-0.05, 0) is 104 Å². The number of benzene rings is 1. The van der Waals surface area contributed by atoms with E-state index in [1.54, 1.807) is 39.1 Å². The lowest BCUT2D eigenvalue weighted by molar-refractivity contribution is -0.158. The second kappa shape index (κ2) is 13.1. The summed E-state index contributed by atoms with van der Waals surface area (Å²) in [6.07, 6.45) is 2.36. The molecule has 0 spiro atoms. The molecule has 268 valence electrons. The number of nitriles is 1. The Bertz CT molecular complexity index is 2100. The number of ether oxygens (including phenoxy) is 1. The summed E-state index contributed by atoms with van der Waals surface area (Å²) in [7, 11) is -4.29. The normalized spacial score (nSPS) is 22.5. The molecular weight excluding hydrogens is 767 g/mol. The maximum Gasteiger partial charge on any atom is 0.411 e. The minimum Gasteiger partial charge on any atom is -0.444 e. The number of aryl methyl sites for hydroxylation is 1. The Morgan fingerprint density at radius 3 is 2.39 bits per heavy atom. The van der Waals surface area contributed by atoms with E-state index in [9.17, 15) is 28.1 Å². The van der Waals surface area contributed by atoms with Crippen LogP contribution in [0.15, 0.2) is 58.2 Å². The number of hydrogen-bond acceptors (Lipinski definition) is 9. The number of pyridine rings is 2. The fraction of sp³-hybridized carbons (Fsp3) is 0.429. The monoisotopic (exact) mass is 800 g/mol. The van der Waals surface area contributed by atoms with Crippen molar-refractivity contribution in [2.24, 2.45) is 0 Å². The smallest absolute Gasteiger partial charge is 0.411 e. The SMILES string of the molecule is Cc1cc(-c2ccc(S(=O)(=O)[C@@H]3C[C@@H](C(=O)NC4(C#N)CC4)N(C(=O)C4(c5ncc(Br)cc5F)CCN4C(=O)OC(C)(C)C)C3)c(Cl)c2)ccn1. The van der Waals surface area contributed by atoms with E-state index < -0.39 is 68.1 Å². The molecule has 3 amide bonds. The first-order valence-corrected chi connectivity index (χ1v) is 19.0. The molecule has 1 saturated carbocycles. The van der Waals surface area contributed by atoms with Crippen LogP contribution in [0.5, 0.6) is 0 Å². The molecule has 3 atom stereocenters. The molecule has 3 aromatic rings. The number of halogens is 3. The van der Waals surface area contributed by atoms with Gasteiger partial charge in [-0.1, -0.05) is 17.7 Å². The Hall–Kier alpha value is -4.13. The summed E-state index contributed by atoms with van der Waals surface area (Å²) in [5.74, 6) is -2.53. The lowest BCUT2D eigenvalue weighted by Crippen LogP contribution is -2.69. The van der Waals surface area contributed by atoms with Gasteiger partial charge in [-0.15, -0.1) is 0 Å². The molecule has 4 heterocycles. The van der Waals surface area contributed by atoms with Crippen molar-refractivity contribution in [1.29, 1.82) is 5.26 Å². The van der Waals surface area contributed by atoms with Crippen LogP contribution in [0.25, 0.3) is 11.1 Å². The quantitative estimate of drug-likeness (QED) is 0.327. The molecule has 6 rings (SSSR count). The molecule has 2 aliphatic heterocycles. The molecule has 51 heavy (non-hydrogen) atoms. The number of rotatable bonds is 7. The van der Waals surface area contributed by atoms with Gasteiger partial charge < -0.3 is 15.0 Å². The predicted molar refractivity (Wildman–Crippen MR) is 187 cm³/mol. The van der Waals surface area contributed by atoms with Gasteiger partial charge in [0.2, 0.25) is 5.91 Å². The van der Waals surface area contributed by atoms with Crippen molar-refractivity contribution in [2.75, 3.05) is 13.1 Å². The molecule has 3 fully saturated rings. The number of aromatic nitrogens is 2. The van der Waals surface area contributed by atoms with Crippen molar-refractivity contribution in [3.05, 3.63) is 75.5 Å². The predicted octanol–water partition coefficient (Wildman–Crippen LogP) is 5.46. The highest BCUT2D eigenvalue weighted by Gasteiger charge is 2.62. The van der Waals surface area contributed by atoms with Crippen molar-refractivity contribution >= 4 is 55.3 Å². The van der Waals surface area contributed by atoms with Gasteiger partial charge in [-0.2, -0.15) is 5.26 Å². The van der Waals surface area contributed by atoms with E-state index in [1.807, 2.05) is 13.0 Å². The van der Waals surface area contributed by atoms with Gasteiger partial charge in [0.1, 0.15) is 28.7 Å². The van der Waals surface area contributed by atoms with Crippen LogP contribution >= 0.6 is 27.5 Å². The fourth-order valence-electron chi connectivity index (χ4n) is 6.56. The summed E-state index contributed by atoms with van der Waals surface area (Å²) in [4.78, 5) is 52.7. The largest absolute Gasteiger partial charge is 0.444 e. The van der Waals surface area contributed by atoms with Crippen LogP contribution in [0.2, 0.25) is 5.02 Å². The molecule has 16 heteroatoms. The number of amides is 3. The molecule has 2 saturated heterocycles. The van der Waals surface area contributed by atoms with E-state index in [0.717, 1.165) is 27.1 Å². The summed E-state index contributed by atoms with van der Waals surface area (Å²) in [6, 6.07) is 9.91. The van der Waals surface area contributed by atoms with Crippen molar-refractivity contribution in [2.45, 2.75) is 86.2 Å². The van der Waals surface area contributed by atoms with Crippen LogP contribution < -0.4 is 5.32 Å². The Kier molecular flexibility index (Phi) is 9.44. The van der Waals surface area contributed by atoms with Crippen LogP contribution in [-0.2, 0) is 29.7 Å². The van der Waals surface area contributed by atoms with E-state index in [4.69, 9.17) is 16.3 Å². The van der Waals surface area contributed by atoms with Gasteiger partial charge in [0.25, 0.3) is 5.91 Å². The first kappa shape index (κ1) is 36.7. The highest BCUT2D eigenvalue weighted by molar-refractivity contribution is 9.10. The van der Waals surface area contributed by atoms with E-state index in [-0.39, 0.29) is 39.5 Å². The number of carbonyl (C=O) groups is 3. The lowest BCUT2D eigenvalue weighted by atomic mass is 9.79. The van der Waals surface area contributed by atoms with E-state index in [0.29, 0.717) is 18.4 Å². The summed E-state index contributed by atoms with van der Waals surface area (Å²) < 4.78 is 50.2. The number of sulfone groups is 1. The third kappa shape index (κ3) is 6.81. The van der Waals surface area contributed by atoms with Gasteiger partial charge in [0.05, 0.1) is 21.2 Å². The molecule has 1 N–H and O–H groups in total. The number of hydrogen-bond donors (Lipinski definition) is 1. The van der Waals surface area contributed by atoms with Crippen molar-refractivity contribution < 1.29 is 31.9 Å². The average molecular weight is 802 g/mol. The highest BCUT2D eigenvalue weighted by Crippen LogP contribution is 2.46. The fourth-order valence-corrected chi connectivity index (χ4v) is 9.10. The Balaban J connectivity index is 1.40. The minimum atomic E-state index is -4.29. The molecule has 12 nitrogen and oxygen atoms in total. The van der Waals surface area contributed by atoms with Gasteiger partial charge in [-0.3, -0.25) is 24.5 Å². The van der Waals surface area contributed by atoms with Crippen LogP contribution in [0.4, 0.5) is 9.18 Å². The number of nitrogens with one attached hydrogen (secondary N) is 1. The highest BCUT2D eigenvalue weighted by atomic mass is 79.9. The van der Waals surface area contributed by atoms with Crippen LogP contribution in [0, 0.1) is 24.1 Å². The summed E-state index contributed by atoms with van der Waals surface area (Å²) in [5, 5.41) is 11.0. The topological polar surface area (TPSA) is 163 Å². The summed E-state index contributed by atoms with van der Waals surface area (Å²) in [5.41, 5.74) is -2.33. The molecule has 1 aliphatic carbocycles. The number of nitrogens with zero attached hydrogens (tertiary/aromatic N) is 5. The van der Waals surface area contributed by atoms with Gasteiger partial charge in [0.15, 0.2) is 15.4 Å². The molecule has 0 radical (unpaired) electrons. The van der Waals surface area contributed by atoms with E-state index in [2.05, 4.69) is 37.3 Å². The zero-order valence-electron chi connectivity index (χ0n) is 28.2. The molecule has 2 aromatic heterocycles. The molecule has 0 bridgehead atoms. The molecule has 3 aliphatic rings. The summed E-state index contributed by atoms with van der Waals surface area (Å²) >= 11 is 9.79. The minimum absolute atomic E-state index is 0.000763. The van der Waals surface area contributed by atoms with Gasteiger partial charge >= 0.3 is 6.09 Å². The maximum atomic E-state index is 15.8. The second-order valence-corrected chi connectivity index (χ2v) is 17.6. The van der Waals surface area contributed by atoms with E-state index >= 15 is 4.39 Å². The third-order valence-corrected chi connectivity index (χ3v) is 12.4. The van der Waals surface area contributed by atoms with Crippen molar-refractivity contribution in [3.63, 3.8) is 0 Å². The Labute approximate surface area is 308 Å². The standard InChI is InChI=1S/C35H35BrClFN6O6S/c1-20-13-22(7-11-40-20)21-5-6-28(25(37)14-21)51(48,49)24-16-27(30(45)42-34(19-39)8-9-34)43(18-24)31(46)35(29-26(38)15-23(36)17-41-29)10-12-44(35)32(47)50-33(2,3)4/h5-7,11,13-15,17,24,27H,8-10,12,16,18H2,1-4H3,(H,42,45)/t24-,27+,35?/m1/s1. The third-order valence-electron chi connectivity index (χ3n) is 9.39. The Morgan fingerprint density at radius 2 is 1.82 bits per heavy atom. The second-order valence-electron chi connectivity index (χ2n) is 14.1. The Morgan fingerprint density at radius 1 is 1.12 bits per heavy atom. The van der Waals surface area contributed by atoms with Crippen molar-refractivity contribution in [3.8, 4) is 17.2 Å². The molecule has 1 unspecified atom stereocenters. The first-order chi connectivity index (χ1) is 23.9. The van der Waals surface area contributed by atoms with E-state index in [1.165, 1.54) is 18.3 Å². The maximum absolute atomic E-state index is 15.8. The first-order valence-electron chi connectivity index (χ1n) is 16.2. The van der Waals surface area contributed by atoms with Crippen LogP contribution in [0.1, 0.15) is 57.8 Å².